The van der Waals surface area contributed by atoms with Crippen LogP contribution in [0.3, 0.4) is 0 Å². The van der Waals surface area contributed by atoms with Crippen LogP contribution in [0.25, 0.3) is 0 Å². The summed E-state index contributed by atoms with van der Waals surface area (Å²) in [4.78, 5) is 20.3. The lowest BCUT2D eigenvalue weighted by molar-refractivity contribution is 0.240. The first-order valence-corrected chi connectivity index (χ1v) is 8.20. The SMILES string of the molecule is CC1=NCC(CCCNC(=O)NCCCC2CN=C(C)N2)N1. The first-order valence-electron chi connectivity index (χ1n) is 8.20. The number of nitrogens with zero attached hydrogens (tertiary/aromatic N) is 2. The van der Waals surface area contributed by atoms with Gasteiger partial charge >= 0.3 is 6.03 Å². The maximum Gasteiger partial charge on any atom is 0.314 e. The molecule has 0 fully saturated rings. The van der Waals surface area contributed by atoms with Crippen LogP contribution in [0.5, 0.6) is 0 Å². The van der Waals surface area contributed by atoms with Gasteiger partial charge in [0.1, 0.15) is 0 Å². The van der Waals surface area contributed by atoms with Gasteiger partial charge in [0.05, 0.1) is 24.8 Å². The Morgan fingerprint density at radius 3 is 1.82 bits per heavy atom. The zero-order valence-electron chi connectivity index (χ0n) is 13.6. The molecule has 0 aromatic rings. The topological polar surface area (TPSA) is 89.9 Å². The van der Waals surface area contributed by atoms with Crippen LogP contribution in [0.2, 0.25) is 0 Å². The number of amides is 2. The molecule has 22 heavy (non-hydrogen) atoms. The molecule has 2 aliphatic rings. The summed E-state index contributed by atoms with van der Waals surface area (Å²) in [5.41, 5.74) is 0. The van der Waals surface area contributed by atoms with Crippen molar-refractivity contribution in [2.24, 2.45) is 9.98 Å². The van der Waals surface area contributed by atoms with Crippen LogP contribution in [-0.4, -0.2) is 56.0 Å². The van der Waals surface area contributed by atoms with Gasteiger partial charge in [0.25, 0.3) is 0 Å². The van der Waals surface area contributed by atoms with Crippen molar-refractivity contribution in [1.82, 2.24) is 21.3 Å². The Morgan fingerprint density at radius 1 is 1.00 bits per heavy atom. The second kappa shape index (κ2) is 8.60. The molecule has 7 nitrogen and oxygen atoms in total. The van der Waals surface area contributed by atoms with Crippen molar-refractivity contribution in [2.45, 2.75) is 51.6 Å². The summed E-state index contributed by atoms with van der Waals surface area (Å²) in [7, 11) is 0. The molecule has 0 aromatic heterocycles. The molecule has 2 amide bonds. The van der Waals surface area contributed by atoms with Gasteiger partial charge in [0, 0.05) is 25.2 Å². The third-order valence-electron chi connectivity index (χ3n) is 3.95. The van der Waals surface area contributed by atoms with E-state index in [4.69, 9.17) is 0 Å². The third kappa shape index (κ3) is 5.91. The fourth-order valence-corrected chi connectivity index (χ4v) is 2.76. The lowest BCUT2D eigenvalue weighted by Gasteiger charge is -2.12. The van der Waals surface area contributed by atoms with Crippen LogP contribution in [-0.2, 0) is 0 Å². The van der Waals surface area contributed by atoms with Crippen LogP contribution in [0.4, 0.5) is 4.79 Å². The monoisotopic (exact) mass is 308 g/mol. The largest absolute Gasteiger partial charge is 0.369 e. The molecule has 2 unspecified atom stereocenters. The number of hydrogen-bond acceptors (Lipinski definition) is 5. The van der Waals surface area contributed by atoms with E-state index in [2.05, 4.69) is 31.3 Å². The molecule has 0 spiro atoms. The Kier molecular flexibility index (Phi) is 6.48. The van der Waals surface area contributed by atoms with Gasteiger partial charge in [-0.15, -0.1) is 0 Å². The van der Waals surface area contributed by atoms with E-state index >= 15 is 0 Å². The average molecular weight is 308 g/mol. The Labute approximate surface area is 132 Å². The molecule has 124 valence electrons. The number of urea groups is 1. The van der Waals surface area contributed by atoms with Gasteiger partial charge in [-0.2, -0.15) is 0 Å². The molecule has 2 atom stereocenters. The summed E-state index contributed by atoms with van der Waals surface area (Å²) in [6, 6.07) is 0.808. The molecule has 2 aliphatic heterocycles. The molecule has 0 aliphatic carbocycles. The van der Waals surface area contributed by atoms with Crippen LogP contribution in [0.15, 0.2) is 9.98 Å². The average Bonchev–Trinajstić information content (AvgIpc) is 3.08. The van der Waals surface area contributed by atoms with Crippen LogP contribution in [0, 0.1) is 0 Å². The highest BCUT2D eigenvalue weighted by molar-refractivity contribution is 5.81. The van der Waals surface area contributed by atoms with Gasteiger partial charge < -0.3 is 21.3 Å². The Morgan fingerprint density at radius 2 is 1.45 bits per heavy atom. The van der Waals surface area contributed by atoms with Gasteiger partial charge in [0.15, 0.2) is 0 Å². The van der Waals surface area contributed by atoms with Gasteiger partial charge in [-0.25, -0.2) is 4.79 Å². The molecule has 2 rings (SSSR count). The fraction of sp³-hybridized carbons (Fsp3) is 0.800. The number of carbonyl (C=O) groups excluding carboxylic acids is 1. The van der Waals surface area contributed by atoms with Crippen molar-refractivity contribution in [1.29, 1.82) is 0 Å². The van der Waals surface area contributed by atoms with Gasteiger partial charge in [0.2, 0.25) is 0 Å². The van der Waals surface area contributed by atoms with Gasteiger partial charge in [-0.1, -0.05) is 0 Å². The zero-order chi connectivity index (χ0) is 15.8. The van der Waals surface area contributed by atoms with E-state index in [1.807, 2.05) is 13.8 Å². The lowest BCUT2D eigenvalue weighted by Crippen LogP contribution is -2.38. The molecule has 0 saturated carbocycles. The minimum Gasteiger partial charge on any atom is -0.369 e. The molecular formula is C15H28N6O. The van der Waals surface area contributed by atoms with Crippen molar-refractivity contribution in [3.63, 3.8) is 0 Å². The van der Waals surface area contributed by atoms with Crippen molar-refractivity contribution >= 4 is 17.7 Å². The number of hydrogen-bond donors (Lipinski definition) is 4. The Hall–Kier alpha value is -1.79. The summed E-state index contributed by atoms with van der Waals surface area (Å²) in [5, 5.41) is 12.4. The van der Waals surface area contributed by atoms with E-state index in [-0.39, 0.29) is 6.03 Å². The lowest BCUT2D eigenvalue weighted by atomic mass is 10.1. The number of nitrogens with one attached hydrogen (secondary N) is 4. The number of aliphatic imine (C=N–C) groups is 2. The van der Waals surface area contributed by atoms with E-state index in [1.54, 1.807) is 0 Å². The van der Waals surface area contributed by atoms with Crippen molar-refractivity contribution < 1.29 is 4.79 Å². The highest BCUT2D eigenvalue weighted by atomic mass is 16.2. The molecule has 0 radical (unpaired) electrons. The molecule has 2 heterocycles. The zero-order valence-corrected chi connectivity index (χ0v) is 13.6. The van der Waals surface area contributed by atoms with Gasteiger partial charge in [-0.3, -0.25) is 9.98 Å². The molecule has 7 heteroatoms. The van der Waals surface area contributed by atoms with Crippen LogP contribution >= 0.6 is 0 Å². The summed E-state index contributed by atoms with van der Waals surface area (Å²) < 4.78 is 0. The van der Waals surface area contributed by atoms with E-state index in [9.17, 15) is 4.79 Å². The number of amidine groups is 2. The van der Waals surface area contributed by atoms with Crippen molar-refractivity contribution in [3.8, 4) is 0 Å². The second-order valence-electron chi connectivity index (χ2n) is 6.00. The molecule has 0 bridgehead atoms. The fourth-order valence-electron chi connectivity index (χ4n) is 2.76. The van der Waals surface area contributed by atoms with Crippen molar-refractivity contribution in [2.75, 3.05) is 26.2 Å². The number of carbonyl (C=O) groups is 1. The quantitative estimate of drug-likeness (QED) is 0.496. The van der Waals surface area contributed by atoms with E-state index in [0.29, 0.717) is 25.2 Å². The van der Waals surface area contributed by atoms with E-state index in [0.717, 1.165) is 50.4 Å². The predicted octanol–water partition coefficient (Wildman–Crippen LogP) is 0.626. The first-order chi connectivity index (χ1) is 10.6. The van der Waals surface area contributed by atoms with Crippen molar-refractivity contribution in [3.05, 3.63) is 0 Å². The Bertz CT molecular complexity index is 396. The van der Waals surface area contributed by atoms with Crippen LogP contribution in [0.1, 0.15) is 39.5 Å². The minimum absolute atomic E-state index is 0.0707. The molecule has 4 N–H and O–H groups in total. The summed E-state index contributed by atoms with van der Waals surface area (Å²) in [6.45, 7) is 7.11. The van der Waals surface area contributed by atoms with E-state index in [1.165, 1.54) is 0 Å². The maximum atomic E-state index is 11.6. The summed E-state index contributed by atoms with van der Waals surface area (Å²) >= 11 is 0. The van der Waals surface area contributed by atoms with E-state index < -0.39 is 0 Å². The highest BCUT2D eigenvalue weighted by Crippen LogP contribution is 2.04. The van der Waals surface area contributed by atoms with Crippen LogP contribution < -0.4 is 21.3 Å². The third-order valence-corrected chi connectivity index (χ3v) is 3.95. The second-order valence-corrected chi connectivity index (χ2v) is 6.00. The smallest absolute Gasteiger partial charge is 0.314 e. The molecular weight excluding hydrogens is 280 g/mol. The summed E-state index contributed by atoms with van der Waals surface area (Å²) in [6.07, 6.45) is 4.01. The Balaban J connectivity index is 1.40. The molecule has 0 aromatic carbocycles. The standard InChI is InChI=1S/C15H28N6O/c1-11-18-9-13(20-11)5-3-7-16-15(22)17-8-4-6-14-10-19-12(2)21-14/h13-14H,3-10H2,1-2H3,(H,18,20)(H,19,21)(H2,16,17,22). The predicted molar refractivity (Wildman–Crippen MR) is 89.7 cm³/mol. The normalized spacial score (nSPS) is 23.4. The number of rotatable bonds is 8. The summed E-state index contributed by atoms with van der Waals surface area (Å²) in [5.74, 6) is 2.04. The van der Waals surface area contributed by atoms with Gasteiger partial charge in [-0.05, 0) is 39.5 Å². The highest BCUT2D eigenvalue weighted by Gasteiger charge is 2.14. The molecule has 0 saturated heterocycles. The minimum atomic E-state index is -0.0707. The maximum absolute atomic E-state index is 11.6. The first kappa shape index (κ1) is 16.6.